The average molecular weight is 321 g/mol. The molecule has 7 heteroatoms. The van der Waals surface area contributed by atoms with Crippen molar-refractivity contribution in [3.05, 3.63) is 33.9 Å². The summed E-state index contributed by atoms with van der Waals surface area (Å²) in [6.07, 6.45) is 3.95. The van der Waals surface area contributed by atoms with Crippen LogP contribution in [0.2, 0.25) is 0 Å². The predicted molar refractivity (Wildman–Crippen MR) is 81.6 cm³/mol. The molecule has 0 aromatic heterocycles. The van der Waals surface area contributed by atoms with Crippen molar-refractivity contribution in [3.8, 4) is 5.75 Å². The van der Waals surface area contributed by atoms with E-state index in [4.69, 9.17) is 9.47 Å². The van der Waals surface area contributed by atoms with E-state index in [0.717, 1.165) is 25.7 Å². The smallest absolute Gasteiger partial charge is 0.344 e. The summed E-state index contributed by atoms with van der Waals surface area (Å²) in [5.74, 6) is -0.786. The summed E-state index contributed by atoms with van der Waals surface area (Å²) < 4.78 is 10.4. The molecule has 1 aliphatic rings. The van der Waals surface area contributed by atoms with Gasteiger partial charge in [-0.2, -0.15) is 0 Å². The Morgan fingerprint density at radius 3 is 2.61 bits per heavy atom. The monoisotopic (exact) mass is 321 g/mol. The number of hydrogen-bond donors (Lipinski definition) is 0. The summed E-state index contributed by atoms with van der Waals surface area (Å²) >= 11 is 0. The van der Waals surface area contributed by atoms with Crippen LogP contribution in [0, 0.1) is 10.1 Å². The summed E-state index contributed by atoms with van der Waals surface area (Å²) in [5.41, 5.74) is -0.0851. The third-order valence-electron chi connectivity index (χ3n) is 3.74. The molecular weight excluding hydrogens is 302 g/mol. The van der Waals surface area contributed by atoms with Crippen LogP contribution in [0.25, 0.3) is 0 Å². The van der Waals surface area contributed by atoms with Gasteiger partial charge in [0.2, 0.25) is 0 Å². The Balaban J connectivity index is 2.02. The first-order valence-corrected chi connectivity index (χ1v) is 7.65. The zero-order valence-electron chi connectivity index (χ0n) is 12.9. The van der Waals surface area contributed by atoms with Gasteiger partial charge in [-0.3, -0.25) is 14.9 Å². The number of benzene rings is 1. The summed E-state index contributed by atoms with van der Waals surface area (Å²) in [7, 11) is 0. The van der Waals surface area contributed by atoms with E-state index in [1.54, 1.807) is 6.92 Å². The number of rotatable bonds is 7. The minimum atomic E-state index is -0.635. The van der Waals surface area contributed by atoms with E-state index in [-0.39, 0.29) is 35.3 Å². The Bertz CT molecular complexity index is 607. The molecular formula is C16H19NO6. The number of hydrogen-bond acceptors (Lipinski definition) is 6. The van der Waals surface area contributed by atoms with E-state index in [0.29, 0.717) is 0 Å². The van der Waals surface area contributed by atoms with Crippen molar-refractivity contribution in [2.75, 3.05) is 6.61 Å². The SMILES string of the molecule is CCC(=O)c1ccc(OCC(=O)OC2CCCC2)c([N+](=O)[O-])c1. The van der Waals surface area contributed by atoms with E-state index in [1.807, 2.05) is 0 Å². The van der Waals surface area contributed by atoms with Gasteiger partial charge in [0.15, 0.2) is 18.1 Å². The summed E-state index contributed by atoms with van der Waals surface area (Å²) in [6, 6.07) is 3.96. The van der Waals surface area contributed by atoms with Crippen LogP contribution in [-0.4, -0.2) is 29.4 Å². The summed E-state index contributed by atoms with van der Waals surface area (Å²) in [5, 5.41) is 11.1. The molecule has 7 nitrogen and oxygen atoms in total. The van der Waals surface area contributed by atoms with Gasteiger partial charge in [0.1, 0.15) is 6.10 Å². The molecule has 0 spiro atoms. The normalized spacial score (nSPS) is 14.5. The number of nitro groups is 1. The lowest BCUT2D eigenvalue weighted by Crippen LogP contribution is -2.20. The van der Waals surface area contributed by atoms with Crippen LogP contribution in [0.3, 0.4) is 0 Å². The highest BCUT2D eigenvalue weighted by Crippen LogP contribution is 2.28. The van der Waals surface area contributed by atoms with E-state index in [1.165, 1.54) is 18.2 Å². The molecule has 1 aliphatic carbocycles. The molecule has 23 heavy (non-hydrogen) atoms. The van der Waals surface area contributed by atoms with E-state index >= 15 is 0 Å². The number of ketones is 1. The standard InChI is InChI=1S/C16H19NO6/c1-2-14(18)11-7-8-15(13(9-11)17(20)21)22-10-16(19)23-12-5-3-4-6-12/h7-9,12H,2-6,10H2,1H3. The lowest BCUT2D eigenvalue weighted by Gasteiger charge is -2.12. The predicted octanol–water partition coefficient (Wildman–Crippen LogP) is 3.05. The van der Waals surface area contributed by atoms with Gasteiger partial charge in [-0.25, -0.2) is 4.79 Å². The number of carbonyl (C=O) groups is 2. The number of ether oxygens (including phenoxy) is 2. The molecule has 0 atom stereocenters. The first-order valence-electron chi connectivity index (χ1n) is 7.65. The van der Waals surface area contributed by atoms with Crippen molar-refractivity contribution in [3.63, 3.8) is 0 Å². The third kappa shape index (κ3) is 4.51. The van der Waals surface area contributed by atoms with Gasteiger partial charge >= 0.3 is 11.7 Å². The number of nitrogens with zero attached hydrogens (tertiary/aromatic N) is 1. The molecule has 0 heterocycles. The van der Waals surface area contributed by atoms with Crippen LogP contribution in [0.1, 0.15) is 49.4 Å². The Morgan fingerprint density at radius 2 is 2.00 bits per heavy atom. The van der Waals surface area contributed by atoms with E-state index in [9.17, 15) is 19.7 Å². The lowest BCUT2D eigenvalue weighted by molar-refractivity contribution is -0.385. The molecule has 1 fully saturated rings. The second kappa shape index (κ2) is 7.71. The number of esters is 1. The molecule has 1 saturated carbocycles. The molecule has 2 rings (SSSR count). The average Bonchev–Trinajstić information content (AvgIpc) is 3.04. The van der Waals surface area contributed by atoms with Crippen molar-refractivity contribution in [1.82, 2.24) is 0 Å². The number of nitro benzene ring substituents is 1. The van der Waals surface area contributed by atoms with Gasteiger partial charge in [0.25, 0.3) is 0 Å². The highest BCUT2D eigenvalue weighted by atomic mass is 16.6. The molecule has 0 N–H and O–H groups in total. The maximum Gasteiger partial charge on any atom is 0.344 e. The molecule has 1 aromatic rings. The van der Waals surface area contributed by atoms with Crippen molar-refractivity contribution in [2.45, 2.75) is 45.1 Å². The molecule has 0 bridgehead atoms. The Labute approximate surface area is 133 Å². The largest absolute Gasteiger partial charge is 0.475 e. The Kier molecular flexibility index (Phi) is 5.67. The fourth-order valence-electron chi connectivity index (χ4n) is 2.52. The van der Waals surface area contributed by atoms with Crippen molar-refractivity contribution in [1.29, 1.82) is 0 Å². The molecule has 1 aromatic carbocycles. The first-order chi connectivity index (χ1) is 11.0. The molecule has 0 amide bonds. The fraction of sp³-hybridized carbons (Fsp3) is 0.500. The first kappa shape index (κ1) is 16.9. The highest BCUT2D eigenvalue weighted by molar-refractivity contribution is 5.96. The second-order valence-electron chi connectivity index (χ2n) is 5.40. The van der Waals surface area contributed by atoms with Crippen LogP contribution in [0.4, 0.5) is 5.69 Å². The van der Waals surface area contributed by atoms with E-state index in [2.05, 4.69) is 0 Å². The number of Topliss-reactive ketones (excluding diaryl/α,β-unsaturated/α-hetero) is 1. The van der Waals surface area contributed by atoms with Crippen LogP contribution in [0.15, 0.2) is 18.2 Å². The van der Waals surface area contributed by atoms with Crippen molar-refractivity contribution >= 4 is 17.4 Å². The minimum Gasteiger partial charge on any atom is -0.475 e. The minimum absolute atomic E-state index is 0.0500. The fourth-order valence-corrected chi connectivity index (χ4v) is 2.52. The van der Waals surface area contributed by atoms with Gasteiger partial charge < -0.3 is 9.47 Å². The Morgan fingerprint density at radius 1 is 1.30 bits per heavy atom. The van der Waals surface area contributed by atoms with Crippen LogP contribution in [-0.2, 0) is 9.53 Å². The molecule has 0 unspecified atom stereocenters. The quantitative estimate of drug-likeness (QED) is 0.331. The lowest BCUT2D eigenvalue weighted by atomic mass is 10.1. The van der Waals surface area contributed by atoms with Crippen LogP contribution in [0.5, 0.6) is 5.75 Å². The molecule has 0 radical (unpaired) electrons. The van der Waals surface area contributed by atoms with Crippen LogP contribution < -0.4 is 4.74 Å². The van der Waals surface area contributed by atoms with Crippen LogP contribution >= 0.6 is 0 Å². The van der Waals surface area contributed by atoms with E-state index < -0.39 is 17.5 Å². The zero-order chi connectivity index (χ0) is 16.8. The van der Waals surface area contributed by atoms with Gasteiger partial charge in [-0.1, -0.05) is 6.92 Å². The molecule has 124 valence electrons. The van der Waals surface area contributed by atoms with Gasteiger partial charge in [-0.05, 0) is 37.8 Å². The third-order valence-corrected chi connectivity index (χ3v) is 3.74. The highest BCUT2D eigenvalue weighted by Gasteiger charge is 2.22. The van der Waals surface area contributed by atoms with Gasteiger partial charge in [0, 0.05) is 18.1 Å². The maximum absolute atomic E-state index is 11.7. The Hall–Kier alpha value is -2.44. The topological polar surface area (TPSA) is 95.7 Å². The summed E-state index contributed by atoms with van der Waals surface area (Å²) in [4.78, 5) is 33.8. The van der Waals surface area contributed by atoms with Crippen molar-refractivity contribution in [2.24, 2.45) is 0 Å². The van der Waals surface area contributed by atoms with Gasteiger partial charge in [0.05, 0.1) is 4.92 Å². The second-order valence-corrected chi connectivity index (χ2v) is 5.40. The maximum atomic E-state index is 11.7. The molecule has 0 saturated heterocycles. The van der Waals surface area contributed by atoms with Gasteiger partial charge in [-0.15, -0.1) is 0 Å². The number of carbonyl (C=O) groups excluding carboxylic acids is 2. The zero-order valence-corrected chi connectivity index (χ0v) is 12.9. The summed E-state index contributed by atoms with van der Waals surface area (Å²) in [6.45, 7) is 1.29. The van der Waals surface area contributed by atoms with Crippen molar-refractivity contribution < 1.29 is 24.0 Å². The molecule has 0 aliphatic heterocycles.